The SMILES string of the molecule is CN(c1cccc(C(=O)O)c1)C1CCC1. The van der Waals surface area contributed by atoms with E-state index in [4.69, 9.17) is 5.11 Å². The van der Waals surface area contributed by atoms with Gasteiger partial charge >= 0.3 is 5.97 Å². The number of benzene rings is 1. The monoisotopic (exact) mass is 205 g/mol. The lowest BCUT2D eigenvalue weighted by Gasteiger charge is -2.36. The van der Waals surface area contributed by atoms with Crippen LogP contribution in [0.4, 0.5) is 5.69 Å². The van der Waals surface area contributed by atoms with Gasteiger partial charge in [-0.3, -0.25) is 0 Å². The van der Waals surface area contributed by atoms with Gasteiger partial charge in [0.2, 0.25) is 0 Å². The van der Waals surface area contributed by atoms with Gasteiger partial charge in [-0.25, -0.2) is 4.79 Å². The highest BCUT2D eigenvalue weighted by Crippen LogP contribution is 2.28. The molecule has 0 unspecified atom stereocenters. The Morgan fingerprint density at radius 1 is 1.47 bits per heavy atom. The van der Waals surface area contributed by atoms with Crippen LogP contribution in [-0.2, 0) is 0 Å². The summed E-state index contributed by atoms with van der Waals surface area (Å²) in [4.78, 5) is 13.0. The lowest BCUT2D eigenvalue weighted by Crippen LogP contribution is -2.37. The standard InChI is InChI=1S/C12H15NO2/c1-13(10-5-3-6-10)11-7-2-4-9(8-11)12(14)15/h2,4,7-8,10H,3,5-6H2,1H3,(H,14,15). The molecule has 80 valence electrons. The van der Waals surface area contributed by atoms with Gasteiger partial charge in [-0.15, -0.1) is 0 Å². The minimum atomic E-state index is -0.862. The normalized spacial score (nSPS) is 15.8. The van der Waals surface area contributed by atoms with E-state index in [0.29, 0.717) is 11.6 Å². The Labute approximate surface area is 89.3 Å². The van der Waals surface area contributed by atoms with E-state index in [2.05, 4.69) is 4.90 Å². The molecule has 3 heteroatoms. The van der Waals surface area contributed by atoms with Crippen LogP contribution in [-0.4, -0.2) is 24.2 Å². The Balaban J connectivity index is 2.19. The molecule has 0 amide bonds. The number of carboxylic acid groups (broad SMARTS) is 1. The first kappa shape index (κ1) is 10.0. The van der Waals surface area contributed by atoms with Crippen LogP contribution in [0.5, 0.6) is 0 Å². The van der Waals surface area contributed by atoms with Crippen molar-refractivity contribution in [2.45, 2.75) is 25.3 Å². The van der Waals surface area contributed by atoms with Crippen molar-refractivity contribution in [1.29, 1.82) is 0 Å². The molecule has 1 aliphatic rings. The zero-order chi connectivity index (χ0) is 10.8. The van der Waals surface area contributed by atoms with Crippen molar-refractivity contribution in [2.24, 2.45) is 0 Å². The van der Waals surface area contributed by atoms with Crippen LogP contribution in [0.15, 0.2) is 24.3 Å². The van der Waals surface area contributed by atoms with E-state index >= 15 is 0 Å². The Morgan fingerprint density at radius 3 is 2.73 bits per heavy atom. The molecular formula is C12H15NO2. The molecule has 2 rings (SSSR count). The van der Waals surface area contributed by atoms with Gasteiger partial charge in [0, 0.05) is 18.8 Å². The molecule has 0 heterocycles. The highest BCUT2D eigenvalue weighted by atomic mass is 16.4. The van der Waals surface area contributed by atoms with E-state index in [9.17, 15) is 4.79 Å². The summed E-state index contributed by atoms with van der Waals surface area (Å²) in [7, 11) is 2.03. The van der Waals surface area contributed by atoms with Gasteiger partial charge < -0.3 is 10.0 Å². The summed E-state index contributed by atoms with van der Waals surface area (Å²) in [6.07, 6.45) is 3.72. The van der Waals surface area contributed by atoms with Crippen LogP contribution in [0.3, 0.4) is 0 Å². The Kier molecular flexibility index (Phi) is 2.62. The van der Waals surface area contributed by atoms with E-state index in [1.165, 1.54) is 19.3 Å². The number of aromatic carboxylic acids is 1. The number of rotatable bonds is 3. The van der Waals surface area contributed by atoms with E-state index in [0.717, 1.165) is 5.69 Å². The molecule has 1 saturated carbocycles. The lowest BCUT2D eigenvalue weighted by atomic mass is 9.91. The fourth-order valence-electron chi connectivity index (χ4n) is 1.84. The fourth-order valence-corrected chi connectivity index (χ4v) is 1.84. The van der Waals surface area contributed by atoms with Gasteiger partial charge in [0.05, 0.1) is 5.56 Å². The van der Waals surface area contributed by atoms with Gasteiger partial charge in [-0.2, -0.15) is 0 Å². The molecule has 1 N–H and O–H groups in total. The summed E-state index contributed by atoms with van der Waals surface area (Å²) < 4.78 is 0. The highest BCUT2D eigenvalue weighted by Gasteiger charge is 2.22. The topological polar surface area (TPSA) is 40.5 Å². The number of nitrogens with zero attached hydrogens (tertiary/aromatic N) is 1. The number of hydrogen-bond acceptors (Lipinski definition) is 2. The average Bonchev–Trinajstić information content (AvgIpc) is 2.15. The second kappa shape index (κ2) is 3.93. The second-order valence-electron chi connectivity index (χ2n) is 4.05. The maximum Gasteiger partial charge on any atom is 0.335 e. The molecule has 0 spiro atoms. The van der Waals surface area contributed by atoms with E-state index in [1.807, 2.05) is 13.1 Å². The van der Waals surface area contributed by atoms with Crippen molar-refractivity contribution in [2.75, 3.05) is 11.9 Å². The zero-order valence-corrected chi connectivity index (χ0v) is 8.81. The molecule has 0 atom stereocenters. The molecule has 1 aliphatic carbocycles. The smallest absolute Gasteiger partial charge is 0.335 e. The predicted octanol–water partition coefficient (Wildman–Crippen LogP) is 2.37. The number of carbonyl (C=O) groups is 1. The Bertz CT molecular complexity index is 372. The maximum atomic E-state index is 10.8. The quantitative estimate of drug-likeness (QED) is 0.823. The molecule has 1 fully saturated rings. The van der Waals surface area contributed by atoms with Gasteiger partial charge in [-0.05, 0) is 37.5 Å². The van der Waals surface area contributed by atoms with Gasteiger partial charge in [0.25, 0.3) is 0 Å². The van der Waals surface area contributed by atoms with Crippen LogP contribution >= 0.6 is 0 Å². The number of hydrogen-bond donors (Lipinski definition) is 1. The van der Waals surface area contributed by atoms with Crippen molar-refractivity contribution in [3.05, 3.63) is 29.8 Å². The first-order valence-electron chi connectivity index (χ1n) is 5.24. The molecule has 1 aromatic rings. The second-order valence-corrected chi connectivity index (χ2v) is 4.05. The van der Waals surface area contributed by atoms with Crippen molar-refractivity contribution >= 4 is 11.7 Å². The van der Waals surface area contributed by atoms with Gasteiger partial charge in [0.1, 0.15) is 0 Å². The first-order valence-corrected chi connectivity index (χ1v) is 5.24. The van der Waals surface area contributed by atoms with Gasteiger partial charge in [0.15, 0.2) is 0 Å². The van der Waals surface area contributed by atoms with E-state index < -0.39 is 5.97 Å². The maximum absolute atomic E-state index is 10.8. The van der Waals surface area contributed by atoms with Crippen molar-refractivity contribution in [3.8, 4) is 0 Å². The number of anilines is 1. The summed E-state index contributed by atoms with van der Waals surface area (Å²) >= 11 is 0. The molecule has 1 aromatic carbocycles. The molecule has 0 aliphatic heterocycles. The first-order chi connectivity index (χ1) is 7.18. The van der Waals surface area contributed by atoms with Gasteiger partial charge in [-0.1, -0.05) is 6.07 Å². The predicted molar refractivity (Wildman–Crippen MR) is 59.4 cm³/mol. The largest absolute Gasteiger partial charge is 0.478 e. The molecule has 0 radical (unpaired) electrons. The summed E-state index contributed by atoms with van der Waals surface area (Å²) in [5, 5.41) is 8.88. The molecular weight excluding hydrogens is 190 g/mol. The highest BCUT2D eigenvalue weighted by molar-refractivity contribution is 5.88. The fraction of sp³-hybridized carbons (Fsp3) is 0.417. The van der Waals surface area contributed by atoms with Crippen LogP contribution in [0, 0.1) is 0 Å². The summed E-state index contributed by atoms with van der Waals surface area (Å²) in [5.41, 5.74) is 1.36. The Hall–Kier alpha value is -1.51. The van der Waals surface area contributed by atoms with Crippen molar-refractivity contribution in [1.82, 2.24) is 0 Å². The van der Waals surface area contributed by atoms with Crippen molar-refractivity contribution in [3.63, 3.8) is 0 Å². The minimum absolute atomic E-state index is 0.360. The van der Waals surface area contributed by atoms with Crippen molar-refractivity contribution < 1.29 is 9.90 Å². The van der Waals surface area contributed by atoms with Crippen LogP contribution in [0.2, 0.25) is 0 Å². The van der Waals surface area contributed by atoms with E-state index in [1.54, 1.807) is 18.2 Å². The van der Waals surface area contributed by atoms with E-state index in [-0.39, 0.29) is 0 Å². The third kappa shape index (κ3) is 1.96. The number of carboxylic acids is 1. The minimum Gasteiger partial charge on any atom is -0.478 e. The lowest BCUT2D eigenvalue weighted by molar-refractivity contribution is 0.0697. The molecule has 3 nitrogen and oxygen atoms in total. The van der Waals surface area contributed by atoms with Crippen LogP contribution in [0.25, 0.3) is 0 Å². The third-order valence-electron chi connectivity index (χ3n) is 3.12. The zero-order valence-electron chi connectivity index (χ0n) is 8.81. The molecule has 0 bridgehead atoms. The molecule has 0 aromatic heterocycles. The Morgan fingerprint density at radius 2 is 2.20 bits per heavy atom. The summed E-state index contributed by atoms with van der Waals surface area (Å²) in [6.45, 7) is 0. The van der Waals surface area contributed by atoms with Crippen LogP contribution in [0.1, 0.15) is 29.6 Å². The summed E-state index contributed by atoms with van der Waals surface area (Å²) in [6, 6.07) is 7.72. The average molecular weight is 205 g/mol. The summed E-state index contributed by atoms with van der Waals surface area (Å²) in [5.74, 6) is -0.862. The molecule has 15 heavy (non-hydrogen) atoms. The van der Waals surface area contributed by atoms with Crippen LogP contribution < -0.4 is 4.90 Å². The molecule has 0 saturated heterocycles. The third-order valence-corrected chi connectivity index (χ3v) is 3.12.